The average Bonchev–Trinajstić information content (AvgIpc) is 3.27. The highest BCUT2D eigenvalue weighted by atomic mass is 32.2. The van der Waals surface area contributed by atoms with Crippen molar-refractivity contribution in [2.24, 2.45) is 0 Å². The SMILES string of the molecule is O=C(c1ccc(S(=O)(=O)Nc2ccccc2)cc1)N1CCN(Cc2cccs2)CC1. The minimum Gasteiger partial charge on any atom is -0.336 e. The van der Waals surface area contributed by atoms with Gasteiger partial charge in [0.25, 0.3) is 15.9 Å². The summed E-state index contributed by atoms with van der Waals surface area (Å²) in [6.07, 6.45) is 0. The van der Waals surface area contributed by atoms with Gasteiger partial charge in [0, 0.05) is 48.9 Å². The third-order valence-corrected chi connectivity index (χ3v) is 7.31. The molecule has 0 spiro atoms. The summed E-state index contributed by atoms with van der Waals surface area (Å²) < 4.78 is 27.6. The summed E-state index contributed by atoms with van der Waals surface area (Å²) in [6.45, 7) is 3.91. The van der Waals surface area contributed by atoms with Crippen LogP contribution in [0.5, 0.6) is 0 Å². The van der Waals surface area contributed by atoms with Gasteiger partial charge in [0.1, 0.15) is 0 Å². The lowest BCUT2D eigenvalue weighted by molar-refractivity contribution is 0.0629. The number of carbonyl (C=O) groups excluding carboxylic acids is 1. The maximum atomic E-state index is 12.8. The molecule has 1 aliphatic heterocycles. The molecule has 8 heteroatoms. The van der Waals surface area contributed by atoms with E-state index in [9.17, 15) is 13.2 Å². The normalized spacial score (nSPS) is 15.1. The van der Waals surface area contributed by atoms with Gasteiger partial charge >= 0.3 is 0 Å². The highest BCUT2D eigenvalue weighted by molar-refractivity contribution is 7.92. The van der Waals surface area contributed by atoms with Gasteiger partial charge in [-0.05, 0) is 47.8 Å². The van der Waals surface area contributed by atoms with Crippen LogP contribution < -0.4 is 4.72 Å². The zero-order valence-corrected chi connectivity index (χ0v) is 18.0. The Kier molecular flexibility index (Phi) is 6.17. The second-order valence-electron chi connectivity index (χ2n) is 7.14. The summed E-state index contributed by atoms with van der Waals surface area (Å²) in [4.78, 5) is 18.5. The molecule has 1 aromatic heterocycles. The number of rotatable bonds is 6. The monoisotopic (exact) mass is 441 g/mol. The van der Waals surface area contributed by atoms with E-state index in [1.54, 1.807) is 47.7 Å². The number of nitrogens with one attached hydrogen (secondary N) is 1. The van der Waals surface area contributed by atoms with Gasteiger partial charge < -0.3 is 4.90 Å². The first-order valence-corrected chi connectivity index (χ1v) is 12.1. The molecule has 1 saturated heterocycles. The average molecular weight is 442 g/mol. The molecule has 1 fully saturated rings. The van der Waals surface area contributed by atoms with Crippen molar-refractivity contribution in [3.63, 3.8) is 0 Å². The van der Waals surface area contributed by atoms with E-state index >= 15 is 0 Å². The molecule has 1 aliphatic rings. The first-order chi connectivity index (χ1) is 14.5. The van der Waals surface area contributed by atoms with Gasteiger partial charge in [0.05, 0.1) is 4.90 Å². The summed E-state index contributed by atoms with van der Waals surface area (Å²) in [5.74, 6) is -0.0641. The van der Waals surface area contributed by atoms with Crippen LogP contribution in [0, 0.1) is 0 Å². The van der Waals surface area contributed by atoms with Gasteiger partial charge in [-0.1, -0.05) is 24.3 Å². The summed E-state index contributed by atoms with van der Waals surface area (Å²) in [6, 6.07) is 19.0. The molecule has 0 atom stereocenters. The number of anilines is 1. The number of nitrogens with zero attached hydrogens (tertiary/aromatic N) is 2. The number of sulfonamides is 1. The Morgan fingerprint density at radius 1 is 0.900 bits per heavy atom. The first kappa shape index (κ1) is 20.6. The van der Waals surface area contributed by atoms with Crippen LogP contribution in [-0.4, -0.2) is 50.3 Å². The van der Waals surface area contributed by atoms with Crippen molar-refractivity contribution in [1.29, 1.82) is 0 Å². The molecule has 2 heterocycles. The molecule has 3 aromatic rings. The highest BCUT2D eigenvalue weighted by Crippen LogP contribution is 2.18. The minimum atomic E-state index is -3.69. The predicted molar refractivity (Wildman–Crippen MR) is 119 cm³/mol. The Labute approximate surface area is 180 Å². The van der Waals surface area contributed by atoms with E-state index in [0.29, 0.717) is 24.3 Å². The fourth-order valence-corrected chi connectivity index (χ4v) is 5.22. The van der Waals surface area contributed by atoms with Gasteiger partial charge in [-0.3, -0.25) is 14.4 Å². The van der Waals surface area contributed by atoms with Crippen LogP contribution in [-0.2, 0) is 16.6 Å². The van der Waals surface area contributed by atoms with Crippen LogP contribution in [0.3, 0.4) is 0 Å². The zero-order chi connectivity index (χ0) is 21.0. The first-order valence-electron chi connectivity index (χ1n) is 9.73. The zero-order valence-electron chi connectivity index (χ0n) is 16.4. The van der Waals surface area contributed by atoms with Gasteiger partial charge in [0.2, 0.25) is 0 Å². The molecule has 0 unspecified atom stereocenters. The van der Waals surface area contributed by atoms with Crippen molar-refractivity contribution in [1.82, 2.24) is 9.80 Å². The van der Waals surface area contributed by atoms with Crippen LogP contribution >= 0.6 is 11.3 Å². The Balaban J connectivity index is 1.36. The van der Waals surface area contributed by atoms with Crippen LogP contribution in [0.15, 0.2) is 77.0 Å². The fourth-order valence-electron chi connectivity index (χ4n) is 3.41. The number of benzene rings is 2. The third kappa shape index (κ3) is 4.89. The molecule has 0 aliphatic carbocycles. The van der Waals surface area contributed by atoms with Crippen LogP contribution in [0.4, 0.5) is 5.69 Å². The fraction of sp³-hybridized carbons (Fsp3) is 0.227. The van der Waals surface area contributed by atoms with Crippen molar-refractivity contribution in [2.75, 3.05) is 30.9 Å². The highest BCUT2D eigenvalue weighted by Gasteiger charge is 2.23. The lowest BCUT2D eigenvalue weighted by Crippen LogP contribution is -2.48. The van der Waals surface area contributed by atoms with Crippen molar-refractivity contribution in [3.8, 4) is 0 Å². The largest absolute Gasteiger partial charge is 0.336 e. The molecule has 1 amide bonds. The summed E-state index contributed by atoms with van der Waals surface area (Å²) in [5.41, 5.74) is 0.999. The molecule has 0 radical (unpaired) electrons. The Morgan fingerprint density at radius 2 is 1.60 bits per heavy atom. The molecular weight excluding hydrogens is 418 g/mol. The minimum absolute atomic E-state index is 0.0641. The second kappa shape index (κ2) is 8.99. The van der Waals surface area contributed by atoms with Crippen LogP contribution in [0.2, 0.25) is 0 Å². The van der Waals surface area contributed by atoms with E-state index in [1.807, 2.05) is 11.0 Å². The predicted octanol–water partition coefficient (Wildman–Crippen LogP) is 3.51. The van der Waals surface area contributed by atoms with Crippen LogP contribution in [0.1, 0.15) is 15.2 Å². The Bertz CT molecular complexity index is 1070. The van der Waals surface area contributed by atoms with E-state index < -0.39 is 10.0 Å². The lowest BCUT2D eigenvalue weighted by atomic mass is 10.2. The molecule has 0 saturated carbocycles. The van der Waals surface area contributed by atoms with Gasteiger partial charge in [-0.25, -0.2) is 8.42 Å². The summed E-state index contributed by atoms with van der Waals surface area (Å²) in [5, 5.41) is 2.08. The molecule has 1 N–H and O–H groups in total. The van der Waals surface area contributed by atoms with Crippen molar-refractivity contribution in [2.45, 2.75) is 11.4 Å². The number of carbonyl (C=O) groups is 1. The molecular formula is C22H23N3O3S2. The molecule has 2 aromatic carbocycles. The number of thiophene rings is 1. The van der Waals surface area contributed by atoms with E-state index in [4.69, 9.17) is 0 Å². The molecule has 30 heavy (non-hydrogen) atoms. The van der Waals surface area contributed by atoms with Gasteiger partial charge in [0.15, 0.2) is 0 Å². The van der Waals surface area contributed by atoms with E-state index in [1.165, 1.54) is 17.0 Å². The lowest BCUT2D eigenvalue weighted by Gasteiger charge is -2.34. The van der Waals surface area contributed by atoms with E-state index in [2.05, 4.69) is 27.1 Å². The Hall–Kier alpha value is -2.68. The van der Waals surface area contributed by atoms with Gasteiger partial charge in [-0.15, -0.1) is 11.3 Å². The van der Waals surface area contributed by atoms with E-state index in [0.717, 1.165) is 19.6 Å². The third-order valence-electron chi connectivity index (χ3n) is 5.06. The van der Waals surface area contributed by atoms with Crippen LogP contribution in [0.25, 0.3) is 0 Å². The maximum Gasteiger partial charge on any atom is 0.261 e. The molecule has 156 valence electrons. The standard InChI is InChI=1S/C22H23N3O3S2/c26-22(25-14-12-24(13-15-25)17-20-7-4-16-29-20)18-8-10-21(11-9-18)30(27,28)23-19-5-2-1-3-6-19/h1-11,16,23H,12-15,17H2. The van der Waals surface area contributed by atoms with E-state index in [-0.39, 0.29) is 10.8 Å². The molecule has 0 bridgehead atoms. The molecule has 6 nitrogen and oxygen atoms in total. The summed E-state index contributed by atoms with van der Waals surface area (Å²) >= 11 is 1.75. The number of amides is 1. The second-order valence-corrected chi connectivity index (χ2v) is 9.86. The van der Waals surface area contributed by atoms with Gasteiger partial charge in [-0.2, -0.15) is 0 Å². The number of para-hydroxylation sites is 1. The number of piperazine rings is 1. The number of hydrogen-bond donors (Lipinski definition) is 1. The molecule has 4 rings (SSSR count). The van der Waals surface area contributed by atoms with Crippen molar-refractivity contribution < 1.29 is 13.2 Å². The van der Waals surface area contributed by atoms with Crippen molar-refractivity contribution >= 4 is 33.0 Å². The smallest absolute Gasteiger partial charge is 0.261 e. The topological polar surface area (TPSA) is 69.7 Å². The van der Waals surface area contributed by atoms with Crippen molar-refractivity contribution in [3.05, 3.63) is 82.6 Å². The summed E-state index contributed by atoms with van der Waals surface area (Å²) in [7, 11) is -3.69. The quantitative estimate of drug-likeness (QED) is 0.636. The Morgan fingerprint density at radius 3 is 2.23 bits per heavy atom. The number of hydrogen-bond acceptors (Lipinski definition) is 5. The maximum absolute atomic E-state index is 12.8.